The van der Waals surface area contributed by atoms with E-state index in [-0.39, 0.29) is 28.3 Å². The fourth-order valence-electron chi connectivity index (χ4n) is 1.98. The van der Waals surface area contributed by atoms with Crippen LogP contribution >= 0.6 is 11.6 Å². The molecular formula is C13H13ClN6O3. The van der Waals surface area contributed by atoms with Crippen molar-refractivity contribution in [3.63, 3.8) is 0 Å². The molecule has 1 aromatic heterocycles. The van der Waals surface area contributed by atoms with Crippen molar-refractivity contribution in [1.29, 1.82) is 0 Å². The third kappa shape index (κ3) is 3.83. The summed E-state index contributed by atoms with van der Waals surface area (Å²) in [6, 6.07) is 4.74. The van der Waals surface area contributed by atoms with Crippen molar-refractivity contribution in [2.24, 2.45) is 0 Å². The Morgan fingerprint density at radius 1 is 1.43 bits per heavy atom. The maximum atomic E-state index is 10.8. The maximum Gasteiger partial charge on any atom is 0.272 e. The first-order valence-electron chi connectivity index (χ1n) is 6.43. The van der Waals surface area contributed by atoms with E-state index in [1.807, 2.05) is 0 Å². The molecule has 0 aliphatic rings. The molecule has 4 N–H and O–H groups in total. The van der Waals surface area contributed by atoms with E-state index >= 15 is 0 Å². The van der Waals surface area contributed by atoms with Crippen LogP contribution in [0.15, 0.2) is 18.2 Å². The van der Waals surface area contributed by atoms with Gasteiger partial charge in [-0.1, -0.05) is 17.7 Å². The number of rotatable bonds is 6. The van der Waals surface area contributed by atoms with Crippen LogP contribution in [0.5, 0.6) is 0 Å². The molecule has 0 radical (unpaired) electrons. The number of carbonyl (C=O) groups excluding carboxylic acids is 1. The Hall–Kier alpha value is -2.94. The number of nitro groups is 1. The zero-order valence-corrected chi connectivity index (χ0v) is 12.8. The number of nitrogen functional groups attached to an aromatic ring is 1. The molecule has 1 aromatic carbocycles. The van der Waals surface area contributed by atoms with Crippen molar-refractivity contribution in [3.8, 4) is 0 Å². The number of nitrogens with two attached hydrogens (primary N) is 1. The van der Waals surface area contributed by atoms with Crippen molar-refractivity contribution >= 4 is 41.2 Å². The van der Waals surface area contributed by atoms with Gasteiger partial charge in [-0.05, 0) is 18.6 Å². The van der Waals surface area contributed by atoms with Crippen LogP contribution in [0.2, 0.25) is 5.15 Å². The van der Waals surface area contributed by atoms with Crippen molar-refractivity contribution in [2.75, 3.05) is 16.4 Å². The van der Waals surface area contributed by atoms with Crippen LogP contribution in [0.25, 0.3) is 0 Å². The Morgan fingerprint density at radius 3 is 2.78 bits per heavy atom. The second-order valence-corrected chi connectivity index (χ2v) is 4.95. The quantitative estimate of drug-likeness (QED) is 0.318. The first-order chi connectivity index (χ1) is 10.9. The highest BCUT2D eigenvalue weighted by Gasteiger charge is 2.13. The van der Waals surface area contributed by atoms with Gasteiger partial charge in [0.15, 0.2) is 11.0 Å². The van der Waals surface area contributed by atoms with Crippen molar-refractivity contribution < 1.29 is 9.72 Å². The highest BCUT2D eigenvalue weighted by Crippen LogP contribution is 2.28. The molecule has 0 aliphatic heterocycles. The van der Waals surface area contributed by atoms with E-state index in [0.717, 1.165) is 5.56 Å². The number of benzene rings is 1. The van der Waals surface area contributed by atoms with Crippen LogP contribution in [-0.2, 0) is 11.3 Å². The molecule has 2 aromatic rings. The van der Waals surface area contributed by atoms with Crippen molar-refractivity contribution in [1.82, 2.24) is 9.97 Å². The molecular weight excluding hydrogens is 324 g/mol. The molecule has 120 valence electrons. The van der Waals surface area contributed by atoms with Gasteiger partial charge >= 0.3 is 0 Å². The Kier molecular flexibility index (Phi) is 4.91. The average Bonchev–Trinajstić information content (AvgIpc) is 2.47. The van der Waals surface area contributed by atoms with E-state index in [9.17, 15) is 14.9 Å². The summed E-state index contributed by atoms with van der Waals surface area (Å²) in [6.45, 7) is 1.96. The minimum atomic E-state index is -0.441. The number of nitrogens with one attached hydrogen (secondary N) is 2. The lowest BCUT2D eigenvalue weighted by Crippen LogP contribution is -2.09. The number of nitro benzene ring substituents is 1. The zero-order valence-electron chi connectivity index (χ0n) is 12.0. The lowest BCUT2D eigenvalue weighted by atomic mass is 10.1. The summed E-state index contributed by atoms with van der Waals surface area (Å²) in [7, 11) is 0. The fraction of sp³-hybridized carbons (Fsp3) is 0.154. The van der Waals surface area contributed by atoms with E-state index in [1.54, 1.807) is 19.1 Å². The molecule has 10 heteroatoms. The maximum absolute atomic E-state index is 10.8. The van der Waals surface area contributed by atoms with Crippen molar-refractivity contribution in [2.45, 2.75) is 13.5 Å². The first kappa shape index (κ1) is 16.4. The van der Waals surface area contributed by atoms with Gasteiger partial charge in [-0.2, -0.15) is 9.97 Å². The predicted molar refractivity (Wildman–Crippen MR) is 86.3 cm³/mol. The average molecular weight is 337 g/mol. The van der Waals surface area contributed by atoms with Crippen LogP contribution in [-0.4, -0.2) is 21.3 Å². The van der Waals surface area contributed by atoms with Crippen LogP contribution < -0.4 is 16.4 Å². The monoisotopic (exact) mass is 336 g/mol. The first-order valence-corrected chi connectivity index (χ1v) is 6.81. The van der Waals surface area contributed by atoms with Crippen LogP contribution in [0.3, 0.4) is 0 Å². The largest absolute Gasteiger partial charge is 0.368 e. The lowest BCUT2D eigenvalue weighted by Gasteiger charge is -2.12. The number of amides is 1. The Labute approximate surface area is 136 Å². The number of hydrogen-bond donors (Lipinski definition) is 3. The van der Waals surface area contributed by atoms with E-state index in [4.69, 9.17) is 17.3 Å². The molecule has 2 rings (SSSR count). The van der Waals surface area contributed by atoms with Gasteiger partial charge in [0, 0.05) is 18.2 Å². The van der Waals surface area contributed by atoms with Crippen molar-refractivity contribution in [3.05, 3.63) is 44.6 Å². The van der Waals surface area contributed by atoms with E-state index in [2.05, 4.69) is 20.6 Å². The summed E-state index contributed by atoms with van der Waals surface area (Å²) >= 11 is 5.91. The smallest absolute Gasteiger partial charge is 0.272 e. The minimum Gasteiger partial charge on any atom is -0.368 e. The summed E-state index contributed by atoms with van der Waals surface area (Å²) in [5.74, 6) is 0.208. The van der Waals surface area contributed by atoms with Gasteiger partial charge in [0.1, 0.15) is 5.69 Å². The van der Waals surface area contributed by atoms with Crippen LogP contribution in [0.1, 0.15) is 11.1 Å². The van der Waals surface area contributed by atoms with E-state index < -0.39 is 4.92 Å². The molecule has 0 atom stereocenters. The van der Waals surface area contributed by atoms with Gasteiger partial charge in [-0.25, -0.2) is 0 Å². The second-order valence-electron chi connectivity index (χ2n) is 4.59. The molecule has 0 saturated carbocycles. The molecule has 0 unspecified atom stereocenters. The summed E-state index contributed by atoms with van der Waals surface area (Å²) in [4.78, 5) is 28.7. The molecule has 1 amide bonds. The molecule has 9 nitrogen and oxygen atoms in total. The molecule has 23 heavy (non-hydrogen) atoms. The van der Waals surface area contributed by atoms with Gasteiger partial charge in [0.2, 0.25) is 12.4 Å². The topological polar surface area (TPSA) is 136 Å². The van der Waals surface area contributed by atoms with Gasteiger partial charge in [-0.3, -0.25) is 14.9 Å². The molecule has 0 fully saturated rings. The fourth-order valence-corrected chi connectivity index (χ4v) is 2.21. The van der Waals surface area contributed by atoms with Crippen LogP contribution in [0, 0.1) is 17.0 Å². The number of hydrogen-bond acceptors (Lipinski definition) is 7. The lowest BCUT2D eigenvalue weighted by molar-refractivity contribution is -0.385. The minimum absolute atomic E-state index is 0.00646. The molecule has 0 bridgehead atoms. The molecule has 0 saturated heterocycles. The second kappa shape index (κ2) is 6.88. The number of nitrogens with zero attached hydrogens (tertiary/aromatic N) is 3. The van der Waals surface area contributed by atoms with Crippen LogP contribution in [0.4, 0.5) is 23.1 Å². The van der Waals surface area contributed by atoms with Gasteiger partial charge in [0.25, 0.3) is 5.69 Å². The number of aromatic nitrogens is 2. The highest BCUT2D eigenvalue weighted by atomic mass is 35.5. The molecule has 1 heterocycles. The van der Waals surface area contributed by atoms with Gasteiger partial charge in [0.05, 0.1) is 4.92 Å². The van der Waals surface area contributed by atoms with Gasteiger partial charge in [-0.15, -0.1) is 0 Å². The SMILES string of the molecule is Cc1cc(CNc2nc(N)nc(Cl)c2NC=O)ccc1[N+](=O)[O-]. The highest BCUT2D eigenvalue weighted by molar-refractivity contribution is 6.33. The number of aryl methyl sites for hydroxylation is 1. The number of anilines is 3. The number of carbonyl (C=O) groups is 1. The third-order valence-electron chi connectivity index (χ3n) is 3.00. The van der Waals surface area contributed by atoms with E-state index in [1.165, 1.54) is 6.07 Å². The summed E-state index contributed by atoms with van der Waals surface area (Å²) in [6.07, 6.45) is 0.446. The summed E-state index contributed by atoms with van der Waals surface area (Å²) in [5.41, 5.74) is 7.12. The Balaban J connectivity index is 2.22. The molecule has 0 spiro atoms. The third-order valence-corrected chi connectivity index (χ3v) is 3.28. The number of halogens is 1. The van der Waals surface area contributed by atoms with Gasteiger partial charge < -0.3 is 16.4 Å². The standard InChI is InChI=1S/C13H13ClN6O3/c1-7-4-8(2-3-9(7)20(22)23)5-16-12-10(17-6-21)11(14)18-13(15)19-12/h2-4,6H,5H2,1H3,(H,17,21)(H3,15,16,18,19). The Morgan fingerprint density at radius 2 is 2.17 bits per heavy atom. The zero-order chi connectivity index (χ0) is 17.0. The molecule has 0 aliphatic carbocycles. The van der Waals surface area contributed by atoms with E-state index in [0.29, 0.717) is 18.5 Å². The Bertz CT molecular complexity index is 768. The predicted octanol–water partition coefficient (Wildman–Crippen LogP) is 2.11. The normalized spacial score (nSPS) is 10.2. The summed E-state index contributed by atoms with van der Waals surface area (Å²) < 4.78 is 0. The summed E-state index contributed by atoms with van der Waals surface area (Å²) in [5, 5.41) is 16.2.